The molecule has 0 aromatic carbocycles. The number of hydrogen-bond donors (Lipinski definition) is 2. The van der Waals surface area contributed by atoms with E-state index in [1.807, 2.05) is 20.9 Å². The van der Waals surface area contributed by atoms with Gasteiger partial charge >= 0.3 is 0 Å². The maximum absolute atomic E-state index is 5.62. The third-order valence-electron chi connectivity index (χ3n) is 3.41. The molecule has 0 amide bonds. The zero-order chi connectivity index (χ0) is 15.5. The molecule has 0 aliphatic carbocycles. The molecule has 0 saturated carbocycles. The molecule has 0 bridgehead atoms. The summed E-state index contributed by atoms with van der Waals surface area (Å²) >= 11 is 0. The maximum atomic E-state index is 5.62. The molecule has 0 fully saturated rings. The van der Waals surface area contributed by atoms with Crippen LogP contribution in [0.5, 0.6) is 0 Å². The topological polar surface area (TPSA) is 100 Å². The van der Waals surface area contributed by atoms with Gasteiger partial charge in [-0.1, -0.05) is 0 Å². The molecule has 8 heteroatoms. The number of ether oxygens (including phenoxy) is 2. The number of aryl methyl sites for hydroxylation is 1. The number of anilines is 1. The first kappa shape index (κ1) is 15.6. The minimum atomic E-state index is -0.198. The molecule has 0 aliphatic rings. The molecule has 116 valence electrons. The van der Waals surface area contributed by atoms with Gasteiger partial charge in [0.2, 0.25) is 0 Å². The SMILES string of the molecule is COC(C)(C)CCOCc1nc(NN)c2cnn(C)c2n1. The van der Waals surface area contributed by atoms with Gasteiger partial charge in [-0.25, -0.2) is 15.8 Å². The minimum Gasteiger partial charge on any atom is -0.379 e. The number of nitrogens with two attached hydrogens (primary N) is 1. The average Bonchev–Trinajstić information content (AvgIpc) is 2.84. The predicted octanol–water partition coefficient (Wildman–Crippen LogP) is 0.981. The number of hydrogen-bond acceptors (Lipinski definition) is 7. The molecule has 0 atom stereocenters. The van der Waals surface area contributed by atoms with Crippen molar-refractivity contribution in [1.82, 2.24) is 19.7 Å². The summed E-state index contributed by atoms with van der Waals surface area (Å²) in [5, 5.41) is 4.93. The predicted molar refractivity (Wildman–Crippen MR) is 79.5 cm³/mol. The van der Waals surface area contributed by atoms with Crippen molar-refractivity contribution in [2.75, 3.05) is 19.1 Å². The Labute approximate surface area is 123 Å². The first-order chi connectivity index (χ1) is 9.96. The van der Waals surface area contributed by atoms with Gasteiger partial charge in [-0.15, -0.1) is 0 Å². The van der Waals surface area contributed by atoms with E-state index in [1.54, 1.807) is 18.0 Å². The second-order valence-electron chi connectivity index (χ2n) is 5.40. The van der Waals surface area contributed by atoms with Crippen molar-refractivity contribution < 1.29 is 9.47 Å². The Balaban J connectivity index is 2.04. The second-order valence-corrected chi connectivity index (χ2v) is 5.40. The summed E-state index contributed by atoms with van der Waals surface area (Å²) in [6.45, 7) is 4.92. The third-order valence-corrected chi connectivity index (χ3v) is 3.41. The molecule has 0 aliphatic heterocycles. The van der Waals surface area contributed by atoms with Crippen LogP contribution in [-0.2, 0) is 23.1 Å². The highest BCUT2D eigenvalue weighted by atomic mass is 16.5. The molecule has 8 nitrogen and oxygen atoms in total. The van der Waals surface area contributed by atoms with Crippen LogP contribution >= 0.6 is 0 Å². The molecule has 2 rings (SSSR count). The Morgan fingerprint density at radius 1 is 1.38 bits per heavy atom. The fourth-order valence-corrected chi connectivity index (χ4v) is 1.83. The summed E-state index contributed by atoms with van der Waals surface area (Å²) in [5.74, 6) is 6.60. The highest BCUT2D eigenvalue weighted by Gasteiger charge is 2.16. The van der Waals surface area contributed by atoms with Crippen molar-refractivity contribution >= 4 is 16.9 Å². The van der Waals surface area contributed by atoms with E-state index in [9.17, 15) is 0 Å². The third kappa shape index (κ3) is 3.66. The summed E-state index contributed by atoms with van der Waals surface area (Å²) in [6, 6.07) is 0. The van der Waals surface area contributed by atoms with Crippen LogP contribution in [0, 0.1) is 0 Å². The minimum absolute atomic E-state index is 0.198. The van der Waals surface area contributed by atoms with Crippen molar-refractivity contribution in [3.63, 3.8) is 0 Å². The Hall–Kier alpha value is -1.77. The van der Waals surface area contributed by atoms with Gasteiger partial charge in [0.25, 0.3) is 0 Å². The maximum Gasteiger partial charge on any atom is 0.163 e. The van der Waals surface area contributed by atoms with Gasteiger partial charge in [0, 0.05) is 20.8 Å². The van der Waals surface area contributed by atoms with Crippen LogP contribution in [-0.4, -0.2) is 39.1 Å². The summed E-state index contributed by atoms with van der Waals surface area (Å²) < 4.78 is 12.6. The number of hydrazine groups is 1. The van der Waals surface area contributed by atoms with Crippen LogP contribution in [0.25, 0.3) is 11.0 Å². The number of rotatable bonds is 7. The van der Waals surface area contributed by atoms with E-state index in [2.05, 4.69) is 20.5 Å². The highest BCUT2D eigenvalue weighted by molar-refractivity contribution is 5.86. The van der Waals surface area contributed by atoms with E-state index in [0.29, 0.717) is 30.5 Å². The van der Waals surface area contributed by atoms with E-state index < -0.39 is 0 Å². The summed E-state index contributed by atoms with van der Waals surface area (Å²) in [7, 11) is 3.51. The number of methoxy groups -OCH3 is 1. The molecule has 0 unspecified atom stereocenters. The number of aromatic nitrogens is 4. The first-order valence-corrected chi connectivity index (χ1v) is 6.75. The summed E-state index contributed by atoms with van der Waals surface area (Å²) in [5.41, 5.74) is 3.09. The van der Waals surface area contributed by atoms with Crippen molar-refractivity contribution in [2.45, 2.75) is 32.5 Å². The molecule has 0 spiro atoms. The van der Waals surface area contributed by atoms with E-state index in [0.717, 1.165) is 11.8 Å². The second kappa shape index (κ2) is 6.33. The van der Waals surface area contributed by atoms with Crippen molar-refractivity contribution in [2.24, 2.45) is 12.9 Å². The molecule has 0 radical (unpaired) electrons. The molecular weight excluding hydrogens is 272 g/mol. The van der Waals surface area contributed by atoms with Gasteiger partial charge in [0.1, 0.15) is 6.61 Å². The first-order valence-electron chi connectivity index (χ1n) is 6.75. The summed E-state index contributed by atoms with van der Waals surface area (Å²) in [4.78, 5) is 8.77. The zero-order valence-electron chi connectivity index (χ0n) is 12.9. The number of nitrogens with one attached hydrogen (secondary N) is 1. The Kier molecular flexibility index (Phi) is 4.71. The van der Waals surface area contributed by atoms with Crippen molar-refractivity contribution in [3.05, 3.63) is 12.0 Å². The summed E-state index contributed by atoms with van der Waals surface area (Å²) in [6.07, 6.45) is 2.47. The van der Waals surface area contributed by atoms with Crippen LogP contribution in [0.3, 0.4) is 0 Å². The van der Waals surface area contributed by atoms with Crippen molar-refractivity contribution in [1.29, 1.82) is 0 Å². The van der Waals surface area contributed by atoms with Gasteiger partial charge < -0.3 is 14.9 Å². The van der Waals surface area contributed by atoms with Crippen LogP contribution in [0.4, 0.5) is 5.82 Å². The average molecular weight is 294 g/mol. The van der Waals surface area contributed by atoms with Crippen molar-refractivity contribution in [3.8, 4) is 0 Å². The molecular formula is C13H22N6O2. The molecule has 3 N–H and O–H groups in total. The monoisotopic (exact) mass is 294 g/mol. The molecule has 0 saturated heterocycles. The Morgan fingerprint density at radius 3 is 2.81 bits per heavy atom. The van der Waals surface area contributed by atoms with E-state index in [-0.39, 0.29) is 5.60 Å². The highest BCUT2D eigenvalue weighted by Crippen LogP contribution is 2.19. The van der Waals surface area contributed by atoms with E-state index >= 15 is 0 Å². The molecule has 2 aromatic rings. The molecule has 2 heterocycles. The molecule has 2 aromatic heterocycles. The fraction of sp³-hybridized carbons (Fsp3) is 0.615. The zero-order valence-corrected chi connectivity index (χ0v) is 12.9. The lowest BCUT2D eigenvalue weighted by atomic mass is 10.1. The molecule has 21 heavy (non-hydrogen) atoms. The largest absolute Gasteiger partial charge is 0.379 e. The lowest BCUT2D eigenvalue weighted by Gasteiger charge is -2.22. The van der Waals surface area contributed by atoms with E-state index in [1.165, 1.54) is 0 Å². The van der Waals surface area contributed by atoms with Crippen LogP contribution in [0.1, 0.15) is 26.1 Å². The lowest BCUT2D eigenvalue weighted by Crippen LogP contribution is -2.24. The van der Waals surface area contributed by atoms with Crippen LogP contribution < -0.4 is 11.3 Å². The number of fused-ring (bicyclic) bond motifs is 1. The van der Waals surface area contributed by atoms with Gasteiger partial charge in [-0.3, -0.25) is 4.68 Å². The number of nitrogen functional groups attached to an aromatic ring is 1. The van der Waals surface area contributed by atoms with Gasteiger partial charge in [0.05, 0.1) is 17.2 Å². The van der Waals surface area contributed by atoms with Crippen LogP contribution in [0.2, 0.25) is 0 Å². The Bertz CT molecular complexity index is 610. The fourth-order valence-electron chi connectivity index (χ4n) is 1.83. The van der Waals surface area contributed by atoms with Gasteiger partial charge in [-0.05, 0) is 20.3 Å². The van der Waals surface area contributed by atoms with Gasteiger partial charge in [0.15, 0.2) is 17.3 Å². The number of nitrogens with zero attached hydrogens (tertiary/aromatic N) is 4. The standard InChI is InChI=1S/C13H22N6O2/c1-13(2,20-4)5-6-21-8-10-16-11(18-14)9-7-15-19(3)12(9)17-10/h7H,5-6,8,14H2,1-4H3,(H,16,17,18). The Morgan fingerprint density at radius 2 is 2.14 bits per heavy atom. The lowest BCUT2D eigenvalue weighted by molar-refractivity contribution is -0.0131. The quantitative estimate of drug-likeness (QED) is 0.446. The van der Waals surface area contributed by atoms with E-state index in [4.69, 9.17) is 15.3 Å². The smallest absolute Gasteiger partial charge is 0.163 e. The van der Waals surface area contributed by atoms with Crippen LogP contribution in [0.15, 0.2) is 6.20 Å². The normalized spacial score (nSPS) is 12.0. The van der Waals surface area contributed by atoms with Gasteiger partial charge in [-0.2, -0.15) is 5.10 Å².